The molecule has 7 nitrogen and oxygen atoms in total. The first kappa shape index (κ1) is 16.3. The molecule has 1 heterocycles. The van der Waals surface area contributed by atoms with E-state index in [-0.39, 0.29) is 6.10 Å². The molecule has 0 aromatic carbocycles. The third-order valence-electron chi connectivity index (χ3n) is 3.02. The van der Waals surface area contributed by atoms with E-state index in [0.29, 0.717) is 6.61 Å². The molecule has 0 radical (unpaired) electrons. The third-order valence-corrected chi connectivity index (χ3v) is 3.02. The molecule has 1 rings (SSSR count). The van der Waals surface area contributed by atoms with Gasteiger partial charge in [-0.15, -0.1) is 0 Å². The highest BCUT2D eigenvalue weighted by Gasteiger charge is 2.48. The van der Waals surface area contributed by atoms with Crippen molar-refractivity contribution in [2.75, 3.05) is 35.0 Å². The highest BCUT2D eigenvalue weighted by molar-refractivity contribution is 5.66. The molecule has 0 spiro atoms. The molecule has 112 valence electrons. The predicted octanol–water partition coefficient (Wildman–Crippen LogP) is -0.0342. The fourth-order valence-electron chi connectivity index (χ4n) is 2.24. The minimum Gasteiger partial charge on any atom is -0.433 e. The van der Waals surface area contributed by atoms with Crippen LogP contribution in [-0.2, 0) is 33.2 Å². The van der Waals surface area contributed by atoms with Crippen LogP contribution in [0.15, 0.2) is 0 Å². The summed E-state index contributed by atoms with van der Waals surface area (Å²) >= 11 is 0. The van der Waals surface area contributed by atoms with E-state index < -0.39 is 30.6 Å². The van der Waals surface area contributed by atoms with Gasteiger partial charge < -0.3 is 28.4 Å². The lowest BCUT2D eigenvalue weighted by Gasteiger charge is -2.43. The lowest BCUT2D eigenvalue weighted by atomic mass is 9.98. The van der Waals surface area contributed by atoms with Crippen molar-refractivity contribution in [3.63, 3.8) is 0 Å². The smallest absolute Gasteiger partial charge is 0.305 e. The Balaban J connectivity index is 2.91. The third kappa shape index (κ3) is 3.87. The van der Waals surface area contributed by atoms with Crippen LogP contribution >= 0.6 is 0 Å². The van der Waals surface area contributed by atoms with E-state index in [9.17, 15) is 4.79 Å². The average molecular weight is 278 g/mol. The quantitative estimate of drug-likeness (QED) is 0.631. The Kier molecular flexibility index (Phi) is 6.67. The van der Waals surface area contributed by atoms with Crippen LogP contribution in [-0.4, -0.2) is 71.7 Å². The molecule has 0 unspecified atom stereocenters. The molecule has 5 atom stereocenters. The van der Waals surface area contributed by atoms with Crippen molar-refractivity contribution in [2.45, 2.75) is 37.6 Å². The molecule has 0 aromatic rings. The number of ether oxygens (including phenoxy) is 6. The van der Waals surface area contributed by atoms with Gasteiger partial charge in [-0.1, -0.05) is 0 Å². The highest BCUT2D eigenvalue weighted by Crippen LogP contribution is 2.28. The lowest BCUT2D eigenvalue weighted by molar-refractivity contribution is -0.304. The maximum atomic E-state index is 11.1. The van der Waals surface area contributed by atoms with Crippen LogP contribution in [0.25, 0.3) is 0 Å². The van der Waals surface area contributed by atoms with Crippen molar-refractivity contribution in [3.05, 3.63) is 0 Å². The first-order chi connectivity index (χ1) is 9.08. The molecule has 1 saturated heterocycles. The maximum Gasteiger partial charge on any atom is 0.305 e. The molecule has 0 aliphatic carbocycles. The lowest BCUT2D eigenvalue weighted by Crippen LogP contribution is -2.61. The topological polar surface area (TPSA) is 72.5 Å². The van der Waals surface area contributed by atoms with Gasteiger partial charge in [0.15, 0.2) is 0 Å². The van der Waals surface area contributed by atoms with Crippen LogP contribution in [0.1, 0.15) is 6.92 Å². The van der Waals surface area contributed by atoms with Gasteiger partial charge in [-0.05, 0) is 0 Å². The summed E-state index contributed by atoms with van der Waals surface area (Å²) in [6, 6.07) is 0. The standard InChI is InChI=1S/C12H22O7/c1-7(13)18-12-11(17-5)10(16-4)9(15-3)8(19-12)6-14-2/h8-12H,6H2,1-5H3/t8-,9+,10+,11-,12+/m1/s1. The Hall–Kier alpha value is -0.730. The van der Waals surface area contributed by atoms with Crippen LogP contribution in [0.3, 0.4) is 0 Å². The van der Waals surface area contributed by atoms with E-state index >= 15 is 0 Å². The Morgan fingerprint density at radius 3 is 2.00 bits per heavy atom. The second kappa shape index (κ2) is 7.76. The molecular weight excluding hydrogens is 256 g/mol. The SMILES string of the molecule is COC[C@H]1O[C@H](OC(C)=O)[C@H](OC)[C@@H](OC)[C@H]1OC. The van der Waals surface area contributed by atoms with Gasteiger partial charge in [0, 0.05) is 35.4 Å². The largest absolute Gasteiger partial charge is 0.433 e. The molecule has 1 aliphatic heterocycles. The van der Waals surface area contributed by atoms with Crippen LogP contribution in [0.2, 0.25) is 0 Å². The molecule has 1 aliphatic rings. The predicted molar refractivity (Wildman–Crippen MR) is 64.7 cm³/mol. The minimum atomic E-state index is -0.848. The monoisotopic (exact) mass is 278 g/mol. The van der Waals surface area contributed by atoms with Crippen LogP contribution in [0.4, 0.5) is 0 Å². The van der Waals surface area contributed by atoms with Crippen LogP contribution in [0.5, 0.6) is 0 Å². The number of hydrogen-bond donors (Lipinski definition) is 0. The molecule has 0 amide bonds. The zero-order valence-electron chi connectivity index (χ0n) is 12.0. The number of hydrogen-bond acceptors (Lipinski definition) is 7. The van der Waals surface area contributed by atoms with Crippen molar-refractivity contribution in [1.29, 1.82) is 0 Å². The van der Waals surface area contributed by atoms with Gasteiger partial charge in [-0.3, -0.25) is 4.79 Å². The number of esters is 1. The van der Waals surface area contributed by atoms with Crippen molar-refractivity contribution in [2.24, 2.45) is 0 Å². The van der Waals surface area contributed by atoms with Crippen molar-refractivity contribution >= 4 is 5.97 Å². The van der Waals surface area contributed by atoms with Crippen LogP contribution < -0.4 is 0 Å². The van der Waals surface area contributed by atoms with E-state index in [4.69, 9.17) is 28.4 Å². The summed E-state index contributed by atoms with van der Waals surface area (Å²) in [7, 11) is 6.16. The summed E-state index contributed by atoms with van der Waals surface area (Å²) < 4.78 is 32.0. The van der Waals surface area contributed by atoms with Gasteiger partial charge in [0.25, 0.3) is 0 Å². The Morgan fingerprint density at radius 2 is 1.58 bits per heavy atom. The van der Waals surface area contributed by atoms with Gasteiger partial charge in [0.1, 0.15) is 24.4 Å². The molecule has 0 N–H and O–H groups in total. The highest BCUT2D eigenvalue weighted by atomic mass is 16.7. The first-order valence-corrected chi connectivity index (χ1v) is 5.99. The molecule has 7 heteroatoms. The summed E-state index contributed by atoms with van der Waals surface area (Å²) in [4.78, 5) is 11.1. The number of carbonyl (C=O) groups is 1. The summed E-state index contributed by atoms with van der Waals surface area (Å²) in [6.45, 7) is 1.61. The van der Waals surface area contributed by atoms with Crippen molar-refractivity contribution in [3.8, 4) is 0 Å². The van der Waals surface area contributed by atoms with Crippen LogP contribution in [0, 0.1) is 0 Å². The number of methoxy groups -OCH3 is 4. The molecule has 0 saturated carbocycles. The number of carbonyl (C=O) groups excluding carboxylic acids is 1. The van der Waals surface area contributed by atoms with E-state index in [0.717, 1.165) is 0 Å². The zero-order chi connectivity index (χ0) is 14.4. The summed E-state index contributed by atoms with van der Waals surface area (Å²) in [5.41, 5.74) is 0. The van der Waals surface area contributed by atoms with Gasteiger partial charge in [-0.25, -0.2) is 0 Å². The molecule has 0 bridgehead atoms. The van der Waals surface area contributed by atoms with Crippen molar-refractivity contribution < 1.29 is 33.2 Å². The minimum absolute atomic E-state index is 0.298. The maximum absolute atomic E-state index is 11.1. The van der Waals surface area contributed by atoms with E-state index in [1.54, 1.807) is 21.3 Å². The number of rotatable bonds is 6. The van der Waals surface area contributed by atoms with Gasteiger partial charge in [0.05, 0.1) is 6.61 Å². The Labute approximate surface area is 113 Å². The zero-order valence-corrected chi connectivity index (χ0v) is 12.0. The van der Waals surface area contributed by atoms with Gasteiger partial charge >= 0.3 is 5.97 Å². The second-order valence-electron chi connectivity index (χ2n) is 4.21. The molecule has 19 heavy (non-hydrogen) atoms. The Bertz CT molecular complexity index is 283. The summed E-state index contributed by atoms with van der Waals surface area (Å²) in [5, 5.41) is 0. The molecule has 1 fully saturated rings. The molecular formula is C12H22O7. The molecule has 0 aromatic heterocycles. The fraction of sp³-hybridized carbons (Fsp3) is 0.917. The second-order valence-corrected chi connectivity index (χ2v) is 4.21. The summed E-state index contributed by atoms with van der Waals surface area (Å²) in [6.07, 6.45) is -2.61. The van der Waals surface area contributed by atoms with E-state index in [2.05, 4.69) is 0 Å². The first-order valence-electron chi connectivity index (χ1n) is 5.99. The van der Waals surface area contributed by atoms with E-state index in [1.807, 2.05) is 0 Å². The average Bonchev–Trinajstić information content (AvgIpc) is 2.37. The Morgan fingerprint density at radius 1 is 1.00 bits per heavy atom. The normalized spacial score (nSPS) is 35.1. The fourth-order valence-corrected chi connectivity index (χ4v) is 2.24. The van der Waals surface area contributed by atoms with Gasteiger partial charge in [-0.2, -0.15) is 0 Å². The van der Waals surface area contributed by atoms with Crippen molar-refractivity contribution in [1.82, 2.24) is 0 Å². The van der Waals surface area contributed by atoms with Gasteiger partial charge in [0.2, 0.25) is 6.29 Å². The summed E-state index contributed by atoms with van der Waals surface area (Å²) in [5.74, 6) is -0.450. The van der Waals surface area contributed by atoms with E-state index in [1.165, 1.54) is 14.0 Å².